The van der Waals surface area contributed by atoms with Crippen molar-refractivity contribution >= 4 is 11.8 Å². The van der Waals surface area contributed by atoms with E-state index in [0.717, 1.165) is 13.0 Å². The highest BCUT2D eigenvalue weighted by Crippen LogP contribution is 2.08. The van der Waals surface area contributed by atoms with Gasteiger partial charge in [-0.2, -0.15) is 0 Å². The van der Waals surface area contributed by atoms with Gasteiger partial charge >= 0.3 is 0 Å². The minimum absolute atomic E-state index is 0.132. The van der Waals surface area contributed by atoms with Gasteiger partial charge in [0.2, 0.25) is 5.91 Å². The highest BCUT2D eigenvalue weighted by Gasteiger charge is 2.16. The van der Waals surface area contributed by atoms with Crippen molar-refractivity contribution in [3.8, 4) is 0 Å². The van der Waals surface area contributed by atoms with Gasteiger partial charge in [-0.15, -0.1) is 0 Å². The summed E-state index contributed by atoms with van der Waals surface area (Å²) in [5.41, 5.74) is 0.567. The van der Waals surface area contributed by atoms with E-state index in [1.807, 2.05) is 6.07 Å². The number of rotatable bonds is 7. The van der Waals surface area contributed by atoms with Crippen molar-refractivity contribution < 1.29 is 9.59 Å². The molecule has 1 saturated heterocycles. The average Bonchev–Trinajstić information content (AvgIpc) is 2.60. The molecule has 1 fully saturated rings. The van der Waals surface area contributed by atoms with E-state index in [4.69, 9.17) is 0 Å². The number of amides is 2. The van der Waals surface area contributed by atoms with E-state index in [2.05, 4.69) is 15.5 Å². The van der Waals surface area contributed by atoms with E-state index >= 15 is 0 Å². The number of piperidine rings is 1. The van der Waals surface area contributed by atoms with Gasteiger partial charge in [-0.3, -0.25) is 9.59 Å². The summed E-state index contributed by atoms with van der Waals surface area (Å²) in [6.45, 7) is 5.75. The van der Waals surface area contributed by atoms with Crippen molar-refractivity contribution in [1.82, 2.24) is 15.5 Å². The van der Waals surface area contributed by atoms with Crippen LogP contribution >= 0.6 is 0 Å². The number of hydrogen-bond acceptors (Lipinski definition) is 3. The third-order valence-electron chi connectivity index (χ3n) is 4.18. The Kier molecular flexibility index (Phi) is 7.07. The number of hydrogen-bond donors (Lipinski definition) is 2. The maximum absolute atomic E-state index is 12.0. The number of nitrogens with one attached hydrogen (secondary N) is 2. The average molecular weight is 317 g/mol. The fraction of sp³-hybridized carbons (Fsp3) is 0.556. The maximum atomic E-state index is 12.0. The predicted octanol–water partition coefficient (Wildman–Crippen LogP) is 1.80. The fourth-order valence-electron chi connectivity index (χ4n) is 2.79. The molecule has 0 spiro atoms. The Bertz CT molecular complexity index is 498. The molecule has 2 amide bonds. The number of carbonyl (C=O) groups is 2. The van der Waals surface area contributed by atoms with Crippen LogP contribution in [0.3, 0.4) is 0 Å². The molecule has 0 aromatic heterocycles. The van der Waals surface area contributed by atoms with Gasteiger partial charge in [0.05, 0.1) is 0 Å². The second-order valence-corrected chi connectivity index (χ2v) is 6.11. The molecule has 2 N–H and O–H groups in total. The van der Waals surface area contributed by atoms with Gasteiger partial charge in [0.1, 0.15) is 6.04 Å². The van der Waals surface area contributed by atoms with E-state index in [1.165, 1.54) is 32.4 Å². The van der Waals surface area contributed by atoms with Crippen molar-refractivity contribution in [2.45, 2.75) is 38.6 Å². The van der Waals surface area contributed by atoms with Crippen molar-refractivity contribution in [1.29, 1.82) is 0 Å². The largest absolute Gasteiger partial charge is 0.354 e. The molecule has 1 aromatic carbocycles. The lowest BCUT2D eigenvalue weighted by Gasteiger charge is -2.26. The Hall–Kier alpha value is -1.88. The first-order chi connectivity index (χ1) is 11.2. The molecule has 5 nitrogen and oxygen atoms in total. The van der Waals surface area contributed by atoms with Crippen LogP contribution in [-0.4, -0.2) is 48.9 Å². The van der Waals surface area contributed by atoms with E-state index in [1.54, 1.807) is 31.2 Å². The van der Waals surface area contributed by atoms with E-state index in [0.29, 0.717) is 12.1 Å². The lowest BCUT2D eigenvalue weighted by molar-refractivity contribution is -0.122. The summed E-state index contributed by atoms with van der Waals surface area (Å²) < 4.78 is 0. The molecule has 1 aliphatic rings. The standard InChI is InChI=1S/C18H27N3O2/c1-15(20-18(23)16-9-4-2-5-10-16)17(22)19-11-8-14-21-12-6-3-7-13-21/h2,4-5,9-10,15H,3,6-8,11-14H2,1H3,(H,19,22)(H,20,23). The Morgan fingerprint density at radius 3 is 2.52 bits per heavy atom. The lowest BCUT2D eigenvalue weighted by Crippen LogP contribution is -2.45. The normalized spacial score (nSPS) is 16.6. The predicted molar refractivity (Wildman–Crippen MR) is 91.3 cm³/mol. The Labute approximate surface area is 138 Å². The van der Waals surface area contributed by atoms with E-state index in [9.17, 15) is 9.59 Å². The molecular weight excluding hydrogens is 290 g/mol. The third kappa shape index (κ3) is 6.02. The minimum Gasteiger partial charge on any atom is -0.354 e. The second-order valence-electron chi connectivity index (χ2n) is 6.11. The molecule has 2 rings (SSSR count). The van der Waals surface area contributed by atoms with Crippen LogP contribution in [0.5, 0.6) is 0 Å². The molecule has 23 heavy (non-hydrogen) atoms. The zero-order valence-corrected chi connectivity index (χ0v) is 13.9. The van der Waals surface area contributed by atoms with Gasteiger partial charge in [0.25, 0.3) is 5.91 Å². The highest BCUT2D eigenvalue weighted by atomic mass is 16.2. The van der Waals surface area contributed by atoms with Gasteiger partial charge in [0, 0.05) is 12.1 Å². The second kappa shape index (κ2) is 9.30. The Morgan fingerprint density at radius 2 is 1.83 bits per heavy atom. The van der Waals surface area contributed by atoms with Crippen molar-refractivity contribution in [3.63, 3.8) is 0 Å². The van der Waals surface area contributed by atoms with Crippen LogP contribution in [-0.2, 0) is 4.79 Å². The fourth-order valence-corrected chi connectivity index (χ4v) is 2.79. The van der Waals surface area contributed by atoms with Crippen LogP contribution in [0.25, 0.3) is 0 Å². The molecule has 0 bridgehead atoms. The van der Waals surface area contributed by atoms with Crippen LogP contribution in [0.4, 0.5) is 0 Å². The first-order valence-electron chi connectivity index (χ1n) is 8.53. The molecule has 1 aliphatic heterocycles. The highest BCUT2D eigenvalue weighted by molar-refractivity contribution is 5.97. The summed E-state index contributed by atoms with van der Waals surface area (Å²) in [7, 11) is 0. The summed E-state index contributed by atoms with van der Waals surface area (Å²) in [5.74, 6) is -0.352. The lowest BCUT2D eigenvalue weighted by atomic mass is 10.1. The van der Waals surface area contributed by atoms with Crippen LogP contribution in [0.1, 0.15) is 43.0 Å². The number of carbonyl (C=O) groups excluding carboxylic acids is 2. The zero-order chi connectivity index (χ0) is 16.5. The molecule has 5 heteroatoms. The van der Waals surface area contributed by atoms with Gasteiger partial charge in [0.15, 0.2) is 0 Å². The smallest absolute Gasteiger partial charge is 0.251 e. The van der Waals surface area contributed by atoms with Crippen molar-refractivity contribution in [2.24, 2.45) is 0 Å². The summed E-state index contributed by atoms with van der Waals surface area (Å²) in [5, 5.41) is 5.62. The van der Waals surface area contributed by atoms with Crippen molar-refractivity contribution in [2.75, 3.05) is 26.2 Å². The SMILES string of the molecule is CC(NC(=O)c1ccccc1)C(=O)NCCCN1CCCCC1. The monoisotopic (exact) mass is 317 g/mol. The summed E-state index contributed by atoms with van der Waals surface area (Å²) in [4.78, 5) is 26.5. The van der Waals surface area contributed by atoms with Crippen LogP contribution < -0.4 is 10.6 Å². The van der Waals surface area contributed by atoms with E-state index < -0.39 is 6.04 Å². The summed E-state index contributed by atoms with van der Waals surface area (Å²) in [6, 6.07) is 8.41. The summed E-state index contributed by atoms with van der Waals surface area (Å²) in [6.07, 6.45) is 4.86. The van der Waals surface area contributed by atoms with Gasteiger partial charge in [-0.1, -0.05) is 24.6 Å². The number of nitrogens with zero attached hydrogens (tertiary/aromatic N) is 1. The molecule has 0 radical (unpaired) electrons. The topological polar surface area (TPSA) is 61.4 Å². The van der Waals surface area contributed by atoms with Crippen LogP contribution in [0, 0.1) is 0 Å². The molecular formula is C18H27N3O2. The van der Waals surface area contributed by atoms with Gasteiger partial charge in [-0.25, -0.2) is 0 Å². The van der Waals surface area contributed by atoms with Crippen molar-refractivity contribution in [3.05, 3.63) is 35.9 Å². The van der Waals surface area contributed by atoms with Crippen LogP contribution in [0.2, 0.25) is 0 Å². The van der Waals surface area contributed by atoms with Gasteiger partial charge in [-0.05, 0) is 58.0 Å². The molecule has 1 atom stereocenters. The maximum Gasteiger partial charge on any atom is 0.251 e. The third-order valence-corrected chi connectivity index (χ3v) is 4.18. The molecule has 1 unspecified atom stereocenters. The quantitative estimate of drug-likeness (QED) is 0.754. The van der Waals surface area contributed by atoms with E-state index in [-0.39, 0.29) is 11.8 Å². The number of benzene rings is 1. The Morgan fingerprint density at radius 1 is 1.13 bits per heavy atom. The number of likely N-dealkylation sites (tertiary alicyclic amines) is 1. The molecule has 0 saturated carbocycles. The molecule has 0 aliphatic carbocycles. The van der Waals surface area contributed by atoms with Gasteiger partial charge < -0.3 is 15.5 Å². The molecule has 1 aromatic rings. The minimum atomic E-state index is -0.530. The summed E-state index contributed by atoms with van der Waals surface area (Å²) >= 11 is 0. The first kappa shape index (κ1) is 17.5. The van der Waals surface area contributed by atoms with Crippen LogP contribution in [0.15, 0.2) is 30.3 Å². The molecule has 1 heterocycles. The Balaban J connectivity index is 1.63. The molecule has 126 valence electrons. The first-order valence-corrected chi connectivity index (χ1v) is 8.53. The zero-order valence-electron chi connectivity index (χ0n) is 13.9.